The van der Waals surface area contributed by atoms with Crippen LogP contribution in [0.2, 0.25) is 0 Å². The largest absolute Gasteiger partial charge is 0.310 e. The van der Waals surface area contributed by atoms with Gasteiger partial charge in [-0.25, -0.2) is 13.1 Å². The summed E-state index contributed by atoms with van der Waals surface area (Å²) in [5, 5.41) is 3.31. The van der Waals surface area contributed by atoms with Gasteiger partial charge in [-0.15, -0.1) is 0 Å². The van der Waals surface area contributed by atoms with Gasteiger partial charge in [0, 0.05) is 18.6 Å². The van der Waals surface area contributed by atoms with Gasteiger partial charge in [0.15, 0.2) is 0 Å². The van der Waals surface area contributed by atoms with Gasteiger partial charge in [-0.3, -0.25) is 0 Å². The monoisotopic (exact) mass is 296 g/mol. The van der Waals surface area contributed by atoms with Gasteiger partial charge in [0.25, 0.3) is 0 Å². The Morgan fingerprint density at radius 2 is 2.00 bits per heavy atom. The van der Waals surface area contributed by atoms with Crippen LogP contribution in [0.5, 0.6) is 0 Å². The second-order valence-corrected chi connectivity index (χ2v) is 7.57. The van der Waals surface area contributed by atoms with Crippen LogP contribution in [0.15, 0.2) is 23.1 Å². The average Bonchev–Trinajstić information content (AvgIpc) is 2.33. The Kier molecular flexibility index (Phi) is 4.83. The van der Waals surface area contributed by atoms with Gasteiger partial charge in [-0.05, 0) is 37.0 Å². The molecule has 1 aromatic carbocycles. The summed E-state index contributed by atoms with van der Waals surface area (Å²) in [6, 6.07) is 6.15. The first kappa shape index (κ1) is 15.5. The Morgan fingerprint density at radius 1 is 1.30 bits per heavy atom. The maximum atomic E-state index is 12.4. The minimum atomic E-state index is -3.39. The summed E-state index contributed by atoms with van der Waals surface area (Å²) in [6.45, 7) is 6.67. The molecule has 1 aromatic rings. The van der Waals surface area contributed by atoms with Crippen LogP contribution in [0.4, 0.5) is 0 Å². The molecule has 20 heavy (non-hydrogen) atoms. The highest BCUT2D eigenvalue weighted by Gasteiger charge is 2.25. The molecule has 0 aliphatic heterocycles. The van der Waals surface area contributed by atoms with E-state index in [0.29, 0.717) is 17.5 Å². The van der Waals surface area contributed by atoms with Crippen LogP contribution in [0.25, 0.3) is 0 Å². The SMILES string of the molecule is Cc1ccc(CNC(C)C)cc1S(=O)(=O)NC1CCC1. The van der Waals surface area contributed by atoms with Crippen LogP contribution >= 0.6 is 0 Å². The number of hydrogen-bond donors (Lipinski definition) is 2. The van der Waals surface area contributed by atoms with Crippen molar-refractivity contribution in [2.24, 2.45) is 0 Å². The summed E-state index contributed by atoms with van der Waals surface area (Å²) in [6.07, 6.45) is 3.02. The number of benzene rings is 1. The van der Waals surface area contributed by atoms with Crippen molar-refractivity contribution in [1.82, 2.24) is 10.0 Å². The molecule has 2 N–H and O–H groups in total. The highest BCUT2D eigenvalue weighted by molar-refractivity contribution is 7.89. The molecule has 0 unspecified atom stereocenters. The molecule has 0 aromatic heterocycles. The maximum Gasteiger partial charge on any atom is 0.241 e. The standard InChI is InChI=1S/C15H24N2O2S/c1-11(2)16-10-13-8-7-12(3)15(9-13)20(18,19)17-14-5-4-6-14/h7-9,11,14,16-17H,4-6,10H2,1-3H3. The molecule has 1 saturated carbocycles. The van der Waals surface area contributed by atoms with E-state index in [1.165, 1.54) is 0 Å². The van der Waals surface area contributed by atoms with Crippen molar-refractivity contribution in [3.63, 3.8) is 0 Å². The van der Waals surface area contributed by atoms with Crippen molar-refractivity contribution < 1.29 is 8.42 Å². The van der Waals surface area contributed by atoms with Gasteiger partial charge in [0.2, 0.25) is 10.0 Å². The average molecular weight is 296 g/mol. The molecule has 1 aliphatic rings. The fourth-order valence-electron chi connectivity index (χ4n) is 2.17. The van der Waals surface area contributed by atoms with Crippen LogP contribution in [-0.4, -0.2) is 20.5 Å². The Labute approximate surface area is 122 Å². The molecule has 2 rings (SSSR count). The minimum absolute atomic E-state index is 0.122. The molecule has 0 bridgehead atoms. The lowest BCUT2D eigenvalue weighted by molar-refractivity contribution is 0.383. The van der Waals surface area contributed by atoms with Crippen molar-refractivity contribution in [1.29, 1.82) is 0 Å². The highest BCUT2D eigenvalue weighted by Crippen LogP contribution is 2.23. The molecule has 0 radical (unpaired) electrons. The molecule has 1 fully saturated rings. The van der Waals surface area contributed by atoms with Crippen LogP contribution in [0.3, 0.4) is 0 Å². The number of rotatable bonds is 6. The second kappa shape index (κ2) is 6.24. The highest BCUT2D eigenvalue weighted by atomic mass is 32.2. The molecular formula is C15H24N2O2S. The van der Waals surface area contributed by atoms with Gasteiger partial charge in [-0.2, -0.15) is 0 Å². The zero-order valence-corrected chi connectivity index (χ0v) is 13.3. The Hall–Kier alpha value is -0.910. The van der Waals surface area contributed by atoms with E-state index in [0.717, 1.165) is 30.4 Å². The van der Waals surface area contributed by atoms with E-state index in [-0.39, 0.29) is 6.04 Å². The fourth-order valence-corrected chi connectivity index (χ4v) is 3.77. The first-order valence-corrected chi connectivity index (χ1v) is 8.72. The molecule has 0 saturated heterocycles. The predicted molar refractivity (Wildman–Crippen MR) is 81.1 cm³/mol. The summed E-state index contributed by atoms with van der Waals surface area (Å²) >= 11 is 0. The summed E-state index contributed by atoms with van der Waals surface area (Å²) in [4.78, 5) is 0.410. The quantitative estimate of drug-likeness (QED) is 0.847. The Morgan fingerprint density at radius 3 is 2.55 bits per heavy atom. The second-order valence-electron chi connectivity index (χ2n) is 5.88. The lowest BCUT2D eigenvalue weighted by atomic mass is 9.94. The van der Waals surface area contributed by atoms with E-state index in [1.54, 1.807) is 6.07 Å². The topological polar surface area (TPSA) is 58.2 Å². The lowest BCUT2D eigenvalue weighted by Gasteiger charge is -2.26. The maximum absolute atomic E-state index is 12.4. The van der Waals surface area contributed by atoms with Crippen molar-refractivity contribution >= 4 is 10.0 Å². The van der Waals surface area contributed by atoms with E-state index >= 15 is 0 Å². The molecule has 0 atom stereocenters. The Balaban J connectivity index is 2.18. The number of aryl methyl sites for hydroxylation is 1. The van der Waals surface area contributed by atoms with Gasteiger partial charge < -0.3 is 5.32 Å². The molecule has 4 nitrogen and oxygen atoms in total. The molecule has 0 spiro atoms. The van der Waals surface area contributed by atoms with E-state index in [9.17, 15) is 8.42 Å². The first-order chi connectivity index (χ1) is 9.38. The first-order valence-electron chi connectivity index (χ1n) is 7.24. The van der Waals surface area contributed by atoms with Crippen molar-refractivity contribution in [3.8, 4) is 0 Å². The van der Waals surface area contributed by atoms with Crippen LogP contribution in [0.1, 0.15) is 44.2 Å². The normalized spacial score (nSPS) is 16.4. The smallest absolute Gasteiger partial charge is 0.241 e. The molecule has 112 valence electrons. The zero-order chi connectivity index (χ0) is 14.8. The van der Waals surface area contributed by atoms with Gasteiger partial charge in [-0.1, -0.05) is 32.4 Å². The lowest BCUT2D eigenvalue weighted by Crippen LogP contribution is -2.39. The summed E-state index contributed by atoms with van der Waals surface area (Å²) in [5.74, 6) is 0. The van der Waals surface area contributed by atoms with E-state index in [1.807, 2.05) is 19.1 Å². The minimum Gasteiger partial charge on any atom is -0.310 e. The third-order valence-electron chi connectivity index (χ3n) is 3.68. The molecule has 5 heteroatoms. The molecule has 0 heterocycles. The molecular weight excluding hydrogens is 272 g/mol. The molecule has 1 aliphatic carbocycles. The van der Waals surface area contributed by atoms with Crippen molar-refractivity contribution in [2.75, 3.05) is 0 Å². The van der Waals surface area contributed by atoms with Gasteiger partial charge >= 0.3 is 0 Å². The van der Waals surface area contributed by atoms with Gasteiger partial charge in [0.1, 0.15) is 0 Å². The zero-order valence-electron chi connectivity index (χ0n) is 12.4. The fraction of sp³-hybridized carbons (Fsp3) is 0.600. The number of nitrogens with one attached hydrogen (secondary N) is 2. The molecule has 0 amide bonds. The summed E-state index contributed by atoms with van der Waals surface area (Å²) in [7, 11) is -3.39. The van der Waals surface area contributed by atoms with E-state index in [2.05, 4.69) is 23.9 Å². The van der Waals surface area contributed by atoms with Crippen molar-refractivity contribution in [2.45, 2.75) is 63.6 Å². The van der Waals surface area contributed by atoms with E-state index < -0.39 is 10.0 Å². The van der Waals surface area contributed by atoms with Gasteiger partial charge in [0.05, 0.1) is 4.90 Å². The van der Waals surface area contributed by atoms with Crippen LogP contribution in [0, 0.1) is 6.92 Å². The summed E-state index contributed by atoms with van der Waals surface area (Å²) < 4.78 is 27.6. The van der Waals surface area contributed by atoms with E-state index in [4.69, 9.17) is 0 Å². The third-order valence-corrected chi connectivity index (χ3v) is 5.35. The number of sulfonamides is 1. The Bertz CT molecular complexity index is 563. The van der Waals surface area contributed by atoms with Crippen molar-refractivity contribution in [3.05, 3.63) is 29.3 Å². The van der Waals surface area contributed by atoms with Crippen LogP contribution < -0.4 is 10.0 Å². The summed E-state index contributed by atoms with van der Waals surface area (Å²) in [5.41, 5.74) is 1.79. The number of hydrogen-bond acceptors (Lipinski definition) is 3. The third kappa shape index (κ3) is 3.81. The predicted octanol–water partition coefficient (Wildman–Crippen LogP) is 2.32. The van der Waals surface area contributed by atoms with Crippen LogP contribution in [-0.2, 0) is 16.6 Å².